The van der Waals surface area contributed by atoms with E-state index in [1.54, 1.807) is 12.1 Å². The molecule has 0 aliphatic rings. The van der Waals surface area contributed by atoms with Gasteiger partial charge in [0.25, 0.3) is 0 Å². The Bertz CT molecular complexity index is 638. The van der Waals surface area contributed by atoms with Gasteiger partial charge in [-0.1, -0.05) is 23.8 Å². The van der Waals surface area contributed by atoms with Crippen molar-refractivity contribution in [1.29, 1.82) is 0 Å². The highest BCUT2D eigenvalue weighted by atomic mass is 16.5. The molecule has 1 unspecified atom stereocenters. The number of primary amides is 1. The van der Waals surface area contributed by atoms with E-state index in [9.17, 15) is 9.90 Å². The lowest BCUT2D eigenvalue weighted by Gasteiger charge is -2.18. The average Bonchev–Trinajstić information content (AvgIpc) is 2.46. The number of phenols is 1. The Labute approximate surface area is 123 Å². The molecular weight excluding hydrogens is 268 g/mol. The molecule has 1 amide bonds. The minimum Gasteiger partial charge on any atom is -0.504 e. The number of hydrogen-bond donors (Lipinski definition) is 3. The van der Waals surface area contributed by atoms with Crippen LogP contribution in [0.2, 0.25) is 0 Å². The number of hydrogen-bond acceptors (Lipinski definition) is 4. The van der Waals surface area contributed by atoms with Crippen LogP contribution in [0, 0.1) is 6.92 Å². The zero-order chi connectivity index (χ0) is 15.4. The van der Waals surface area contributed by atoms with E-state index >= 15 is 0 Å². The fourth-order valence-corrected chi connectivity index (χ4v) is 2.02. The Morgan fingerprint density at radius 3 is 2.43 bits per heavy atom. The zero-order valence-electron chi connectivity index (χ0n) is 12.0. The first-order chi connectivity index (χ1) is 10.0. The Balaban J connectivity index is 2.28. The molecule has 21 heavy (non-hydrogen) atoms. The molecule has 0 aromatic heterocycles. The largest absolute Gasteiger partial charge is 0.504 e. The molecule has 0 aliphatic heterocycles. The second kappa shape index (κ2) is 6.17. The Morgan fingerprint density at radius 1 is 1.24 bits per heavy atom. The van der Waals surface area contributed by atoms with Crippen molar-refractivity contribution in [2.75, 3.05) is 12.4 Å². The van der Waals surface area contributed by atoms with E-state index < -0.39 is 11.9 Å². The van der Waals surface area contributed by atoms with Gasteiger partial charge in [-0.05, 0) is 36.8 Å². The Kier molecular flexibility index (Phi) is 4.33. The van der Waals surface area contributed by atoms with E-state index in [0.29, 0.717) is 11.3 Å². The highest BCUT2D eigenvalue weighted by Gasteiger charge is 2.19. The fourth-order valence-electron chi connectivity index (χ4n) is 2.02. The molecule has 2 aromatic rings. The monoisotopic (exact) mass is 286 g/mol. The molecule has 0 heterocycles. The lowest BCUT2D eigenvalue weighted by atomic mass is 10.0. The quantitative estimate of drug-likeness (QED) is 0.787. The molecule has 1 atom stereocenters. The number of nitrogens with one attached hydrogen (secondary N) is 1. The SMILES string of the molecule is COc1ccc(C(Nc2ccc(C)cc2)C(N)=O)cc1O. The summed E-state index contributed by atoms with van der Waals surface area (Å²) >= 11 is 0. The van der Waals surface area contributed by atoms with Crippen molar-refractivity contribution < 1.29 is 14.6 Å². The van der Waals surface area contributed by atoms with Gasteiger partial charge in [-0.15, -0.1) is 0 Å². The molecule has 0 radical (unpaired) electrons. The van der Waals surface area contributed by atoms with E-state index in [4.69, 9.17) is 10.5 Å². The van der Waals surface area contributed by atoms with Crippen LogP contribution >= 0.6 is 0 Å². The van der Waals surface area contributed by atoms with Gasteiger partial charge >= 0.3 is 0 Å². The lowest BCUT2D eigenvalue weighted by molar-refractivity contribution is -0.118. The normalized spacial score (nSPS) is 11.7. The number of amides is 1. The number of aromatic hydroxyl groups is 1. The van der Waals surface area contributed by atoms with Crippen LogP contribution in [-0.4, -0.2) is 18.1 Å². The molecule has 110 valence electrons. The minimum absolute atomic E-state index is 0.0352. The van der Waals surface area contributed by atoms with Crippen LogP contribution in [0.15, 0.2) is 42.5 Å². The van der Waals surface area contributed by atoms with Gasteiger partial charge < -0.3 is 20.9 Å². The standard InChI is InChI=1S/C16H18N2O3/c1-10-3-6-12(7-4-10)18-15(16(17)20)11-5-8-14(21-2)13(19)9-11/h3-9,15,18-19H,1-2H3,(H2,17,20). The molecule has 4 N–H and O–H groups in total. The zero-order valence-corrected chi connectivity index (χ0v) is 12.0. The second-order valence-electron chi connectivity index (χ2n) is 4.78. The van der Waals surface area contributed by atoms with Crippen LogP contribution in [0.5, 0.6) is 11.5 Å². The summed E-state index contributed by atoms with van der Waals surface area (Å²) in [5.74, 6) is -0.218. The molecule has 5 nitrogen and oxygen atoms in total. The van der Waals surface area contributed by atoms with Crippen molar-refractivity contribution in [3.8, 4) is 11.5 Å². The van der Waals surface area contributed by atoms with Crippen LogP contribution in [0.25, 0.3) is 0 Å². The Morgan fingerprint density at radius 2 is 1.90 bits per heavy atom. The first kappa shape index (κ1) is 14.7. The highest BCUT2D eigenvalue weighted by Crippen LogP contribution is 2.30. The van der Waals surface area contributed by atoms with Gasteiger partial charge in [0.1, 0.15) is 6.04 Å². The number of anilines is 1. The topological polar surface area (TPSA) is 84.6 Å². The number of aryl methyl sites for hydroxylation is 1. The number of ether oxygens (including phenoxy) is 1. The molecule has 0 aliphatic carbocycles. The summed E-state index contributed by atoms with van der Waals surface area (Å²) in [6, 6.07) is 11.6. The fraction of sp³-hybridized carbons (Fsp3) is 0.188. The maximum Gasteiger partial charge on any atom is 0.244 e. The smallest absolute Gasteiger partial charge is 0.244 e. The number of carbonyl (C=O) groups excluding carboxylic acids is 1. The van der Waals surface area contributed by atoms with Gasteiger partial charge in [0.05, 0.1) is 7.11 Å². The third-order valence-corrected chi connectivity index (χ3v) is 3.18. The van der Waals surface area contributed by atoms with E-state index in [0.717, 1.165) is 11.3 Å². The predicted molar refractivity (Wildman–Crippen MR) is 81.4 cm³/mol. The summed E-state index contributed by atoms with van der Waals surface area (Å²) in [6.45, 7) is 1.98. The maximum atomic E-state index is 11.7. The van der Waals surface area contributed by atoms with E-state index in [1.807, 2.05) is 31.2 Å². The van der Waals surface area contributed by atoms with Crippen LogP contribution < -0.4 is 15.8 Å². The van der Waals surface area contributed by atoms with Crippen LogP contribution in [0.1, 0.15) is 17.2 Å². The van der Waals surface area contributed by atoms with Gasteiger partial charge in [-0.25, -0.2) is 0 Å². The first-order valence-corrected chi connectivity index (χ1v) is 6.50. The van der Waals surface area contributed by atoms with Crippen molar-refractivity contribution in [1.82, 2.24) is 0 Å². The summed E-state index contributed by atoms with van der Waals surface area (Å²) < 4.78 is 4.99. The highest BCUT2D eigenvalue weighted by molar-refractivity contribution is 5.84. The van der Waals surface area contributed by atoms with Gasteiger partial charge in [-0.3, -0.25) is 4.79 Å². The average molecular weight is 286 g/mol. The summed E-state index contributed by atoms with van der Waals surface area (Å²) in [6.07, 6.45) is 0. The summed E-state index contributed by atoms with van der Waals surface area (Å²) in [7, 11) is 1.46. The molecule has 0 fully saturated rings. The van der Waals surface area contributed by atoms with E-state index in [1.165, 1.54) is 13.2 Å². The van der Waals surface area contributed by atoms with E-state index in [2.05, 4.69) is 5.32 Å². The molecule has 0 spiro atoms. The van der Waals surface area contributed by atoms with Crippen LogP contribution in [-0.2, 0) is 4.79 Å². The Hall–Kier alpha value is -2.69. The third-order valence-electron chi connectivity index (χ3n) is 3.18. The molecule has 0 bridgehead atoms. The number of nitrogens with two attached hydrogens (primary N) is 1. The van der Waals surface area contributed by atoms with Crippen LogP contribution in [0.4, 0.5) is 5.69 Å². The predicted octanol–water partition coefficient (Wildman–Crippen LogP) is 2.35. The second-order valence-corrected chi connectivity index (χ2v) is 4.78. The van der Waals surface area contributed by atoms with Crippen molar-refractivity contribution >= 4 is 11.6 Å². The number of benzene rings is 2. The molecule has 2 aromatic carbocycles. The minimum atomic E-state index is -0.732. The lowest BCUT2D eigenvalue weighted by Crippen LogP contribution is -2.27. The number of phenolic OH excluding ortho intramolecular Hbond substituents is 1. The summed E-state index contributed by atoms with van der Waals surface area (Å²) in [4.78, 5) is 11.7. The van der Waals surface area contributed by atoms with Gasteiger partial charge in [-0.2, -0.15) is 0 Å². The number of methoxy groups -OCH3 is 1. The number of carbonyl (C=O) groups is 1. The van der Waals surface area contributed by atoms with Crippen LogP contribution in [0.3, 0.4) is 0 Å². The molecule has 0 saturated heterocycles. The van der Waals surface area contributed by atoms with Crippen molar-refractivity contribution in [3.63, 3.8) is 0 Å². The molecule has 2 rings (SSSR count). The van der Waals surface area contributed by atoms with Crippen molar-refractivity contribution in [3.05, 3.63) is 53.6 Å². The third kappa shape index (κ3) is 3.45. The molecule has 0 saturated carbocycles. The first-order valence-electron chi connectivity index (χ1n) is 6.50. The van der Waals surface area contributed by atoms with Gasteiger partial charge in [0, 0.05) is 5.69 Å². The molecule has 5 heteroatoms. The maximum absolute atomic E-state index is 11.7. The van der Waals surface area contributed by atoms with E-state index in [-0.39, 0.29) is 5.75 Å². The summed E-state index contributed by atoms with van der Waals surface area (Å²) in [5.41, 5.74) is 7.92. The molecular formula is C16H18N2O3. The van der Waals surface area contributed by atoms with Gasteiger partial charge in [0.15, 0.2) is 11.5 Å². The summed E-state index contributed by atoms with van der Waals surface area (Å²) in [5, 5.41) is 12.9. The van der Waals surface area contributed by atoms with Gasteiger partial charge in [0.2, 0.25) is 5.91 Å². The van der Waals surface area contributed by atoms with Crippen molar-refractivity contribution in [2.45, 2.75) is 13.0 Å². The number of rotatable bonds is 5. The van der Waals surface area contributed by atoms with Crippen molar-refractivity contribution in [2.24, 2.45) is 5.73 Å².